The molecule has 0 unspecified atom stereocenters. The van der Waals surface area contributed by atoms with Crippen LogP contribution >= 0.6 is 0 Å². The Hall–Kier alpha value is -1.55. The summed E-state index contributed by atoms with van der Waals surface area (Å²) in [6, 6.07) is 7.77. The van der Waals surface area contributed by atoms with Gasteiger partial charge >= 0.3 is 5.97 Å². The molecule has 0 aliphatic rings. The highest BCUT2D eigenvalue weighted by Crippen LogP contribution is 2.25. The molecule has 0 spiro atoms. The van der Waals surface area contributed by atoms with Crippen LogP contribution in [0.25, 0.3) is 0 Å². The maximum absolute atomic E-state index is 11.0. The first kappa shape index (κ1) is 14.5. The van der Waals surface area contributed by atoms with Gasteiger partial charge in [0, 0.05) is 18.2 Å². The van der Waals surface area contributed by atoms with Crippen LogP contribution in [0.5, 0.6) is 5.75 Å². The highest BCUT2D eigenvalue weighted by molar-refractivity contribution is 5.73. The number of carboxylic acid groups (broad SMARTS) is 1. The average Bonchev–Trinajstić information content (AvgIpc) is 2.35. The number of benzene rings is 1. The smallest absolute Gasteiger partial charge is 0.310 e. The minimum atomic E-state index is -0.803. The van der Waals surface area contributed by atoms with Crippen LogP contribution < -0.4 is 10.1 Å². The van der Waals surface area contributed by atoms with Crippen molar-refractivity contribution in [3.8, 4) is 5.75 Å². The van der Waals surface area contributed by atoms with Crippen molar-refractivity contribution in [2.75, 3.05) is 13.7 Å². The number of rotatable bonds is 6. The third kappa shape index (κ3) is 3.47. The van der Waals surface area contributed by atoms with E-state index in [4.69, 9.17) is 9.84 Å². The van der Waals surface area contributed by atoms with Crippen LogP contribution in [0, 0.1) is 5.41 Å². The summed E-state index contributed by atoms with van der Waals surface area (Å²) in [6.07, 6.45) is 0. The van der Waals surface area contributed by atoms with E-state index in [0.717, 1.165) is 11.3 Å². The number of aliphatic carboxylic acids is 1. The number of methoxy groups -OCH3 is 1. The molecule has 0 fully saturated rings. The SMILES string of the molecule is COc1ccccc1[C@H](C)NCC(C)(C)C(=O)O. The molecule has 1 aromatic rings. The first-order valence-electron chi connectivity index (χ1n) is 5.98. The molecule has 0 saturated carbocycles. The molecular weight excluding hydrogens is 230 g/mol. The van der Waals surface area contributed by atoms with E-state index in [1.165, 1.54) is 0 Å². The quantitative estimate of drug-likeness (QED) is 0.815. The normalized spacial score (nSPS) is 13.1. The number of hydrogen-bond acceptors (Lipinski definition) is 3. The molecule has 0 aliphatic heterocycles. The van der Waals surface area contributed by atoms with Gasteiger partial charge in [0.25, 0.3) is 0 Å². The molecule has 1 aromatic carbocycles. The maximum atomic E-state index is 11.0. The summed E-state index contributed by atoms with van der Waals surface area (Å²) < 4.78 is 5.29. The summed E-state index contributed by atoms with van der Waals surface area (Å²) in [7, 11) is 1.63. The number of carbonyl (C=O) groups is 1. The molecule has 0 heterocycles. The number of ether oxygens (including phenoxy) is 1. The lowest BCUT2D eigenvalue weighted by Crippen LogP contribution is -2.37. The van der Waals surface area contributed by atoms with Crippen molar-refractivity contribution in [3.63, 3.8) is 0 Å². The first-order valence-corrected chi connectivity index (χ1v) is 5.98. The third-order valence-electron chi connectivity index (χ3n) is 3.03. The van der Waals surface area contributed by atoms with E-state index in [9.17, 15) is 4.79 Å². The lowest BCUT2D eigenvalue weighted by Gasteiger charge is -2.24. The number of nitrogens with one attached hydrogen (secondary N) is 1. The van der Waals surface area contributed by atoms with Gasteiger partial charge in [-0.05, 0) is 26.8 Å². The van der Waals surface area contributed by atoms with Gasteiger partial charge in [0.1, 0.15) is 5.75 Å². The van der Waals surface area contributed by atoms with Crippen LogP contribution in [-0.2, 0) is 4.79 Å². The second-order valence-corrected chi connectivity index (χ2v) is 5.03. The summed E-state index contributed by atoms with van der Waals surface area (Å²) in [5.41, 5.74) is 0.247. The Balaban J connectivity index is 2.71. The van der Waals surface area contributed by atoms with Crippen molar-refractivity contribution in [2.24, 2.45) is 5.41 Å². The molecule has 1 rings (SSSR count). The summed E-state index contributed by atoms with van der Waals surface area (Å²) in [5.74, 6) is 0.00728. The van der Waals surface area contributed by atoms with Gasteiger partial charge in [0.15, 0.2) is 0 Å². The van der Waals surface area contributed by atoms with Crippen LogP contribution in [-0.4, -0.2) is 24.7 Å². The molecule has 0 amide bonds. The lowest BCUT2D eigenvalue weighted by atomic mass is 9.93. The van der Waals surface area contributed by atoms with Gasteiger partial charge in [0.2, 0.25) is 0 Å². The minimum absolute atomic E-state index is 0.0415. The molecule has 18 heavy (non-hydrogen) atoms. The van der Waals surface area contributed by atoms with Gasteiger partial charge in [-0.25, -0.2) is 0 Å². The number of carboxylic acids is 1. The Morgan fingerprint density at radius 1 is 1.44 bits per heavy atom. The first-order chi connectivity index (χ1) is 8.38. The van der Waals surface area contributed by atoms with E-state index >= 15 is 0 Å². The molecule has 0 saturated heterocycles. The van der Waals surface area contributed by atoms with Crippen molar-refractivity contribution < 1.29 is 14.6 Å². The van der Waals surface area contributed by atoms with E-state index in [-0.39, 0.29) is 6.04 Å². The van der Waals surface area contributed by atoms with Gasteiger partial charge in [-0.1, -0.05) is 18.2 Å². The zero-order chi connectivity index (χ0) is 13.8. The molecule has 0 bridgehead atoms. The van der Waals surface area contributed by atoms with Gasteiger partial charge in [-0.3, -0.25) is 4.79 Å². The molecule has 4 heteroatoms. The summed E-state index contributed by atoms with van der Waals surface area (Å²) in [6.45, 7) is 5.81. The predicted molar refractivity (Wildman–Crippen MR) is 70.8 cm³/mol. The van der Waals surface area contributed by atoms with Crippen LogP contribution in [0.1, 0.15) is 32.4 Å². The second kappa shape index (κ2) is 5.87. The molecule has 0 aromatic heterocycles. The standard InChI is InChI=1S/C14H21NO3/c1-10(15-9-14(2,3)13(16)17)11-7-5-6-8-12(11)18-4/h5-8,10,15H,9H2,1-4H3,(H,16,17)/t10-/m0/s1. The van der Waals surface area contributed by atoms with Crippen LogP contribution in [0.15, 0.2) is 24.3 Å². The number of para-hydroxylation sites is 1. The predicted octanol–water partition coefficient (Wildman–Crippen LogP) is 2.46. The fraction of sp³-hybridized carbons (Fsp3) is 0.500. The fourth-order valence-electron chi connectivity index (χ4n) is 1.62. The largest absolute Gasteiger partial charge is 0.496 e. The Morgan fingerprint density at radius 3 is 2.61 bits per heavy atom. The topological polar surface area (TPSA) is 58.6 Å². The van der Waals surface area contributed by atoms with Crippen molar-refractivity contribution >= 4 is 5.97 Å². The molecule has 0 radical (unpaired) electrons. The molecular formula is C14H21NO3. The minimum Gasteiger partial charge on any atom is -0.496 e. The van der Waals surface area contributed by atoms with Crippen LogP contribution in [0.3, 0.4) is 0 Å². The highest BCUT2D eigenvalue weighted by Gasteiger charge is 2.27. The highest BCUT2D eigenvalue weighted by atomic mass is 16.5. The fourth-order valence-corrected chi connectivity index (χ4v) is 1.62. The summed E-state index contributed by atoms with van der Waals surface area (Å²) >= 11 is 0. The van der Waals surface area contributed by atoms with Crippen molar-refractivity contribution in [1.29, 1.82) is 0 Å². The van der Waals surface area contributed by atoms with Crippen molar-refractivity contribution in [1.82, 2.24) is 5.32 Å². The maximum Gasteiger partial charge on any atom is 0.310 e. The zero-order valence-corrected chi connectivity index (χ0v) is 11.4. The monoisotopic (exact) mass is 251 g/mol. The Kier molecular flexibility index (Phi) is 4.73. The molecule has 1 atom stereocenters. The van der Waals surface area contributed by atoms with Crippen LogP contribution in [0.4, 0.5) is 0 Å². The lowest BCUT2D eigenvalue weighted by molar-refractivity contribution is -0.146. The molecule has 100 valence electrons. The van der Waals surface area contributed by atoms with Crippen molar-refractivity contribution in [3.05, 3.63) is 29.8 Å². The number of hydrogen-bond donors (Lipinski definition) is 2. The Morgan fingerprint density at radius 2 is 2.06 bits per heavy atom. The van der Waals surface area contributed by atoms with E-state index < -0.39 is 11.4 Å². The molecule has 4 nitrogen and oxygen atoms in total. The average molecular weight is 251 g/mol. The van der Waals surface area contributed by atoms with Crippen LogP contribution in [0.2, 0.25) is 0 Å². The summed E-state index contributed by atoms with van der Waals surface area (Å²) in [5, 5.41) is 12.3. The summed E-state index contributed by atoms with van der Waals surface area (Å²) in [4.78, 5) is 11.0. The van der Waals surface area contributed by atoms with E-state index in [1.807, 2.05) is 31.2 Å². The third-order valence-corrected chi connectivity index (χ3v) is 3.03. The Bertz CT molecular complexity index is 415. The van der Waals surface area contributed by atoms with Gasteiger partial charge in [-0.2, -0.15) is 0 Å². The van der Waals surface area contributed by atoms with E-state index in [2.05, 4.69) is 5.32 Å². The molecule has 0 aliphatic carbocycles. The van der Waals surface area contributed by atoms with Gasteiger partial charge in [-0.15, -0.1) is 0 Å². The second-order valence-electron chi connectivity index (χ2n) is 5.03. The zero-order valence-electron chi connectivity index (χ0n) is 11.4. The Labute approximate surface area is 108 Å². The van der Waals surface area contributed by atoms with E-state index in [1.54, 1.807) is 21.0 Å². The van der Waals surface area contributed by atoms with Gasteiger partial charge in [0.05, 0.1) is 12.5 Å². The molecule has 2 N–H and O–H groups in total. The van der Waals surface area contributed by atoms with Crippen molar-refractivity contribution in [2.45, 2.75) is 26.8 Å². The van der Waals surface area contributed by atoms with Gasteiger partial charge < -0.3 is 15.2 Å². The van der Waals surface area contributed by atoms with E-state index in [0.29, 0.717) is 6.54 Å².